The number of nitrogen functional groups attached to an aromatic ring is 1. The van der Waals surface area contributed by atoms with Crippen LogP contribution in [0.25, 0.3) is 0 Å². The number of rotatable bonds is 4. The number of hydrogen-bond donors (Lipinski definition) is 2. The number of nitrogens with one attached hydrogen (secondary N) is 1. The highest BCUT2D eigenvalue weighted by molar-refractivity contribution is 5.87. The molecule has 1 aliphatic heterocycles. The zero-order valence-corrected chi connectivity index (χ0v) is 11.4. The van der Waals surface area contributed by atoms with Gasteiger partial charge < -0.3 is 20.7 Å². The Hall–Kier alpha value is -2.09. The predicted octanol–water partition coefficient (Wildman–Crippen LogP) is -1.17. The summed E-state index contributed by atoms with van der Waals surface area (Å²) in [4.78, 5) is 25.6. The molecule has 3 N–H and O–H groups in total. The minimum Gasteiger partial charge on any atom is -0.396 e. The van der Waals surface area contributed by atoms with E-state index >= 15 is 0 Å². The highest BCUT2D eigenvalue weighted by Gasteiger charge is 2.23. The summed E-state index contributed by atoms with van der Waals surface area (Å²) in [5, 5.41) is 6.58. The Bertz CT molecular complexity index is 481. The summed E-state index contributed by atoms with van der Waals surface area (Å²) in [5.74, 6) is -0.371. The monoisotopic (exact) mass is 281 g/mol. The maximum absolute atomic E-state index is 12.1. The maximum atomic E-state index is 12.1. The first-order valence-corrected chi connectivity index (χ1v) is 6.50. The average molecular weight is 281 g/mol. The highest BCUT2D eigenvalue weighted by Crippen LogP contribution is 2.01. The molecule has 1 atom stereocenters. The maximum Gasteiger partial charge on any atom is 0.245 e. The number of ether oxygens (including phenoxy) is 1. The molecule has 0 saturated carbocycles. The van der Waals surface area contributed by atoms with E-state index in [1.165, 1.54) is 10.9 Å². The molecule has 20 heavy (non-hydrogen) atoms. The molecular weight excluding hydrogens is 262 g/mol. The van der Waals surface area contributed by atoms with Gasteiger partial charge in [-0.3, -0.25) is 14.3 Å². The molecule has 0 spiro atoms. The van der Waals surface area contributed by atoms with Gasteiger partial charge in [-0.1, -0.05) is 0 Å². The molecule has 1 fully saturated rings. The zero-order valence-electron chi connectivity index (χ0n) is 11.4. The van der Waals surface area contributed by atoms with Crippen molar-refractivity contribution in [3.63, 3.8) is 0 Å². The van der Waals surface area contributed by atoms with E-state index in [1.54, 1.807) is 18.0 Å². The minimum atomic E-state index is -0.562. The molecule has 0 bridgehead atoms. The highest BCUT2D eigenvalue weighted by atomic mass is 16.5. The predicted molar refractivity (Wildman–Crippen MR) is 71.6 cm³/mol. The van der Waals surface area contributed by atoms with E-state index < -0.39 is 6.04 Å². The first kappa shape index (κ1) is 14.3. The first-order chi connectivity index (χ1) is 9.56. The Morgan fingerprint density at radius 2 is 2.20 bits per heavy atom. The molecule has 2 rings (SSSR count). The molecule has 0 radical (unpaired) electrons. The summed E-state index contributed by atoms with van der Waals surface area (Å²) in [5.41, 5.74) is 6.01. The van der Waals surface area contributed by atoms with Crippen molar-refractivity contribution in [3.05, 3.63) is 12.4 Å². The van der Waals surface area contributed by atoms with Crippen molar-refractivity contribution in [2.45, 2.75) is 19.5 Å². The molecule has 1 aliphatic rings. The van der Waals surface area contributed by atoms with Crippen LogP contribution >= 0.6 is 0 Å². The van der Waals surface area contributed by atoms with Crippen LogP contribution in [0.4, 0.5) is 5.69 Å². The van der Waals surface area contributed by atoms with E-state index in [2.05, 4.69) is 10.4 Å². The summed E-state index contributed by atoms with van der Waals surface area (Å²) < 4.78 is 6.61. The number of anilines is 1. The molecule has 8 heteroatoms. The number of nitrogens with two attached hydrogens (primary N) is 1. The molecule has 8 nitrogen and oxygen atoms in total. The second kappa shape index (κ2) is 6.38. The largest absolute Gasteiger partial charge is 0.396 e. The number of aromatic nitrogens is 2. The van der Waals surface area contributed by atoms with Gasteiger partial charge in [0.25, 0.3) is 0 Å². The van der Waals surface area contributed by atoms with E-state index in [1.807, 2.05) is 0 Å². The molecule has 2 heterocycles. The van der Waals surface area contributed by atoms with Crippen LogP contribution in [-0.4, -0.2) is 58.8 Å². The minimum absolute atomic E-state index is 0.0396. The summed E-state index contributed by atoms with van der Waals surface area (Å²) in [6.45, 7) is 3.92. The Labute approximate surface area is 116 Å². The molecule has 1 aromatic heterocycles. The van der Waals surface area contributed by atoms with Crippen molar-refractivity contribution in [3.8, 4) is 0 Å². The standard InChI is InChI=1S/C12H19N5O3/c1-9(12(19)16-2-4-20-5-3-16)15-11(18)8-17-7-10(13)6-14-17/h6-7,9H,2-5,8,13H2,1H3,(H,15,18). The molecule has 1 saturated heterocycles. The van der Waals surface area contributed by atoms with Gasteiger partial charge >= 0.3 is 0 Å². The third-order valence-corrected chi connectivity index (χ3v) is 3.03. The summed E-state index contributed by atoms with van der Waals surface area (Å²) >= 11 is 0. The topological polar surface area (TPSA) is 102 Å². The number of carbonyl (C=O) groups excluding carboxylic acids is 2. The van der Waals surface area contributed by atoms with Gasteiger partial charge in [0.15, 0.2) is 0 Å². The SMILES string of the molecule is CC(NC(=O)Cn1cc(N)cn1)C(=O)N1CCOCC1. The second-order valence-corrected chi connectivity index (χ2v) is 4.70. The van der Waals surface area contributed by atoms with E-state index in [0.29, 0.717) is 32.0 Å². The molecule has 0 aliphatic carbocycles. The fourth-order valence-corrected chi connectivity index (χ4v) is 2.02. The fourth-order valence-electron chi connectivity index (χ4n) is 2.02. The van der Waals surface area contributed by atoms with Crippen molar-refractivity contribution in [1.82, 2.24) is 20.0 Å². The van der Waals surface area contributed by atoms with E-state index in [-0.39, 0.29) is 18.4 Å². The molecule has 1 unspecified atom stereocenters. The van der Waals surface area contributed by atoms with E-state index in [9.17, 15) is 9.59 Å². The number of nitrogens with zero attached hydrogens (tertiary/aromatic N) is 3. The quantitative estimate of drug-likeness (QED) is 0.724. The van der Waals surface area contributed by atoms with Crippen LogP contribution in [0.15, 0.2) is 12.4 Å². The van der Waals surface area contributed by atoms with Crippen LogP contribution in [0.1, 0.15) is 6.92 Å². The van der Waals surface area contributed by atoms with Crippen molar-refractivity contribution in [2.24, 2.45) is 0 Å². The van der Waals surface area contributed by atoms with Crippen LogP contribution < -0.4 is 11.1 Å². The van der Waals surface area contributed by atoms with Gasteiger partial charge in [0.1, 0.15) is 12.6 Å². The third kappa shape index (κ3) is 3.70. The van der Waals surface area contributed by atoms with Crippen LogP contribution in [0.3, 0.4) is 0 Å². The number of hydrogen-bond acceptors (Lipinski definition) is 5. The van der Waals surface area contributed by atoms with Gasteiger partial charge in [-0.05, 0) is 6.92 Å². The van der Waals surface area contributed by atoms with Gasteiger partial charge in [-0.15, -0.1) is 0 Å². The lowest BCUT2D eigenvalue weighted by molar-refractivity contribution is -0.139. The van der Waals surface area contributed by atoms with Gasteiger partial charge in [0.2, 0.25) is 11.8 Å². The van der Waals surface area contributed by atoms with Crippen molar-refractivity contribution < 1.29 is 14.3 Å². The van der Waals surface area contributed by atoms with Crippen LogP contribution in [0.5, 0.6) is 0 Å². The third-order valence-electron chi connectivity index (χ3n) is 3.03. The number of amides is 2. The summed E-state index contributed by atoms with van der Waals surface area (Å²) in [6.07, 6.45) is 3.03. The molecule has 0 aromatic carbocycles. The Kier molecular flexibility index (Phi) is 4.57. The first-order valence-electron chi connectivity index (χ1n) is 6.50. The van der Waals surface area contributed by atoms with Gasteiger partial charge in [0, 0.05) is 19.3 Å². The Morgan fingerprint density at radius 1 is 1.50 bits per heavy atom. The molecular formula is C12H19N5O3. The molecule has 2 amide bonds. The van der Waals surface area contributed by atoms with Crippen molar-refractivity contribution in [1.29, 1.82) is 0 Å². The number of carbonyl (C=O) groups is 2. The molecule has 1 aromatic rings. The molecule has 110 valence electrons. The Morgan fingerprint density at radius 3 is 2.80 bits per heavy atom. The van der Waals surface area contributed by atoms with Gasteiger partial charge in [0.05, 0.1) is 25.1 Å². The number of morpholine rings is 1. The van der Waals surface area contributed by atoms with Gasteiger partial charge in [-0.25, -0.2) is 0 Å². The van der Waals surface area contributed by atoms with Gasteiger partial charge in [-0.2, -0.15) is 5.10 Å². The fraction of sp³-hybridized carbons (Fsp3) is 0.583. The lowest BCUT2D eigenvalue weighted by atomic mass is 10.2. The van der Waals surface area contributed by atoms with E-state index in [4.69, 9.17) is 10.5 Å². The van der Waals surface area contributed by atoms with E-state index in [0.717, 1.165) is 0 Å². The normalized spacial score (nSPS) is 16.8. The lowest BCUT2D eigenvalue weighted by Gasteiger charge is -2.29. The van der Waals surface area contributed by atoms with Crippen LogP contribution in [-0.2, 0) is 20.9 Å². The van der Waals surface area contributed by atoms with Crippen molar-refractivity contribution in [2.75, 3.05) is 32.0 Å². The smallest absolute Gasteiger partial charge is 0.245 e. The summed E-state index contributed by atoms with van der Waals surface area (Å²) in [6, 6.07) is -0.562. The van der Waals surface area contributed by atoms with Crippen LogP contribution in [0, 0.1) is 0 Å². The van der Waals surface area contributed by atoms with Crippen molar-refractivity contribution >= 4 is 17.5 Å². The zero-order chi connectivity index (χ0) is 14.5. The average Bonchev–Trinajstić information content (AvgIpc) is 2.84. The second-order valence-electron chi connectivity index (χ2n) is 4.70. The Balaban J connectivity index is 1.82. The van der Waals surface area contributed by atoms with Crippen LogP contribution in [0.2, 0.25) is 0 Å². The summed E-state index contributed by atoms with van der Waals surface area (Å²) in [7, 11) is 0. The lowest BCUT2D eigenvalue weighted by Crippen LogP contribution is -2.51.